The molecule has 0 bridgehead atoms. The van der Waals surface area contributed by atoms with Gasteiger partial charge in [-0.3, -0.25) is 0 Å². The van der Waals surface area contributed by atoms with Gasteiger partial charge in [0, 0.05) is 17.8 Å². The molecule has 19 heavy (non-hydrogen) atoms. The van der Waals surface area contributed by atoms with E-state index in [1.54, 1.807) is 0 Å². The molecule has 4 nitrogen and oxygen atoms in total. The Labute approximate surface area is 114 Å². The maximum Gasteiger partial charge on any atom is 0.167 e. The van der Waals surface area contributed by atoms with E-state index in [9.17, 15) is 4.39 Å². The molecule has 1 heterocycles. The maximum atomic E-state index is 13.7. The molecule has 2 rings (SSSR count). The van der Waals surface area contributed by atoms with Gasteiger partial charge >= 0.3 is 0 Å². The summed E-state index contributed by atoms with van der Waals surface area (Å²) in [6, 6.07) is 5.54. The summed E-state index contributed by atoms with van der Waals surface area (Å²) in [5, 5.41) is 0.147. The number of ether oxygens (including phenoxy) is 1. The van der Waals surface area contributed by atoms with Gasteiger partial charge in [0.05, 0.1) is 5.56 Å². The lowest BCUT2D eigenvalue weighted by atomic mass is 10.2. The second-order valence-corrected chi connectivity index (χ2v) is 4.13. The van der Waals surface area contributed by atoms with Crippen LogP contribution in [0.4, 0.5) is 15.9 Å². The quantitative estimate of drug-likeness (QED) is 0.666. The lowest BCUT2D eigenvalue weighted by Crippen LogP contribution is -1.99. The fraction of sp³-hybridized carbons (Fsp3) is 0. The van der Waals surface area contributed by atoms with Crippen LogP contribution in [0, 0.1) is 5.82 Å². The van der Waals surface area contributed by atoms with Crippen molar-refractivity contribution in [2.75, 3.05) is 11.5 Å². The number of rotatable bonds is 3. The standard InChI is InChI=1S/C13H11ClFN3O/c1-2-8-11(6-12(14)18-13(8)17)19-10-4-3-7(16)5-9(10)15/h2-6H,1,16H2,(H2,17,18). The monoisotopic (exact) mass is 279 g/mol. The van der Waals surface area contributed by atoms with E-state index in [0.717, 1.165) is 6.07 Å². The van der Waals surface area contributed by atoms with E-state index in [0.29, 0.717) is 11.3 Å². The Hall–Kier alpha value is -2.27. The number of benzene rings is 1. The number of nitrogens with two attached hydrogens (primary N) is 2. The van der Waals surface area contributed by atoms with Crippen LogP contribution >= 0.6 is 11.6 Å². The molecular weight excluding hydrogens is 269 g/mol. The Bertz CT molecular complexity index is 646. The second-order valence-electron chi connectivity index (χ2n) is 3.74. The Morgan fingerprint density at radius 1 is 1.26 bits per heavy atom. The first-order valence-electron chi connectivity index (χ1n) is 5.32. The highest BCUT2D eigenvalue weighted by atomic mass is 35.5. The minimum atomic E-state index is -0.582. The number of anilines is 2. The summed E-state index contributed by atoms with van der Waals surface area (Å²) in [6.45, 7) is 3.60. The van der Waals surface area contributed by atoms with Crippen LogP contribution in [0.1, 0.15) is 5.56 Å². The summed E-state index contributed by atoms with van der Waals surface area (Å²) in [5.74, 6) is -0.134. The van der Waals surface area contributed by atoms with E-state index < -0.39 is 5.82 Å². The van der Waals surface area contributed by atoms with Gasteiger partial charge in [-0.25, -0.2) is 9.37 Å². The zero-order valence-electron chi connectivity index (χ0n) is 9.86. The molecule has 98 valence electrons. The molecule has 6 heteroatoms. The molecule has 4 N–H and O–H groups in total. The lowest BCUT2D eigenvalue weighted by molar-refractivity contribution is 0.441. The Kier molecular flexibility index (Phi) is 3.57. The first kappa shape index (κ1) is 13.2. The number of halogens is 2. The van der Waals surface area contributed by atoms with Crippen LogP contribution in [0.3, 0.4) is 0 Å². The van der Waals surface area contributed by atoms with Crippen molar-refractivity contribution in [3.8, 4) is 11.5 Å². The molecule has 1 aromatic carbocycles. The van der Waals surface area contributed by atoms with Crippen LogP contribution in [-0.4, -0.2) is 4.98 Å². The van der Waals surface area contributed by atoms with Crippen molar-refractivity contribution in [1.29, 1.82) is 0 Å². The van der Waals surface area contributed by atoms with E-state index in [2.05, 4.69) is 11.6 Å². The summed E-state index contributed by atoms with van der Waals surface area (Å²) in [6.07, 6.45) is 1.46. The Balaban J connectivity index is 2.45. The van der Waals surface area contributed by atoms with Crippen LogP contribution in [-0.2, 0) is 0 Å². The van der Waals surface area contributed by atoms with Gasteiger partial charge in [-0.15, -0.1) is 0 Å². The number of hydrogen-bond acceptors (Lipinski definition) is 4. The van der Waals surface area contributed by atoms with Crippen molar-refractivity contribution >= 4 is 29.2 Å². The Morgan fingerprint density at radius 3 is 2.63 bits per heavy atom. The van der Waals surface area contributed by atoms with Crippen molar-refractivity contribution in [1.82, 2.24) is 4.98 Å². The molecule has 0 aliphatic carbocycles. The third kappa shape index (κ3) is 2.77. The average Bonchev–Trinajstić information content (AvgIpc) is 2.32. The molecule has 0 amide bonds. The predicted octanol–water partition coefficient (Wildman–Crippen LogP) is 3.47. The van der Waals surface area contributed by atoms with Gasteiger partial charge in [-0.05, 0) is 12.1 Å². The molecule has 1 aromatic heterocycles. The summed E-state index contributed by atoms with van der Waals surface area (Å²) < 4.78 is 19.1. The molecule has 0 radical (unpaired) electrons. The molecule has 0 fully saturated rings. The molecule has 0 saturated carbocycles. The fourth-order valence-electron chi connectivity index (χ4n) is 1.53. The zero-order valence-corrected chi connectivity index (χ0v) is 10.6. The van der Waals surface area contributed by atoms with Crippen molar-refractivity contribution in [3.05, 3.63) is 47.4 Å². The molecule has 0 atom stereocenters. The normalized spacial score (nSPS) is 10.2. The molecule has 0 aliphatic rings. The summed E-state index contributed by atoms with van der Waals surface area (Å²) in [4.78, 5) is 3.86. The largest absolute Gasteiger partial charge is 0.453 e. The number of aromatic nitrogens is 1. The van der Waals surface area contributed by atoms with Crippen LogP contribution in [0.5, 0.6) is 11.5 Å². The molecule has 0 aliphatic heterocycles. The minimum absolute atomic E-state index is 0.0129. The highest BCUT2D eigenvalue weighted by Gasteiger charge is 2.12. The fourth-order valence-corrected chi connectivity index (χ4v) is 1.72. The third-order valence-corrected chi connectivity index (χ3v) is 2.59. The van der Waals surface area contributed by atoms with E-state index in [-0.39, 0.29) is 22.5 Å². The van der Waals surface area contributed by atoms with Crippen LogP contribution in [0.25, 0.3) is 6.08 Å². The SMILES string of the molecule is C=Cc1c(Oc2ccc(N)cc2F)cc(Cl)nc1N. The molecule has 0 spiro atoms. The zero-order chi connectivity index (χ0) is 14.0. The topological polar surface area (TPSA) is 74.2 Å². The van der Waals surface area contributed by atoms with Gasteiger partial charge in [0.25, 0.3) is 0 Å². The van der Waals surface area contributed by atoms with Crippen molar-refractivity contribution < 1.29 is 9.13 Å². The highest BCUT2D eigenvalue weighted by Crippen LogP contribution is 2.33. The first-order chi connectivity index (χ1) is 9.01. The van der Waals surface area contributed by atoms with E-state index in [4.69, 9.17) is 27.8 Å². The molecule has 0 saturated heterocycles. The van der Waals surface area contributed by atoms with Crippen molar-refractivity contribution in [2.45, 2.75) is 0 Å². The van der Waals surface area contributed by atoms with Crippen LogP contribution < -0.4 is 16.2 Å². The molecular formula is C13H11ClFN3O. The molecule has 0 unspecified atom stereocenters. The first-order valence-corrected chi connectivity index (χ1v) is 5.70. The smallest absolute Gasteiger partial charge is 0.167 e. The van der Waals surface area contributed by atoms with Gasteiger partial charge in [0.15, 0.2) is 11.6 Å². The highest BCUT2D eigenvalue weighted by molar-refractivity contribution is 6.29. The van der Waals surface area contributed by atoms with Gasteiger partial charge in [0.1, 0.15) is 16.7 Å². The minimum Gasteiger partial charge on any atom is -0.453 e. The number of nitrogens with zero attached hydrogens (tertiary/aromatic N) is 1. The average molecular weight is 280 g/mol. The van der Waals surface area contributed by atoms with E-state index in [1.165, 1.54) is 24.3 Å². The summed E-state index contributed by atoms with van der Waals surface area (Å²) >= 11 is 5.79. The van der Waals surface area contributed by atoms with Crippen LogP contribution in [0.15, 0.2) is 30.8 Å². The predicted molar refractivity (Wildman–Crippen MR) is 74.6 cm³/mol. The summed E-state index contributed by atoms with van der Waals surface area (Å²) in [5.41, 5.74) is 11.9. The molecule has 2 aromatic rings. The van der Waals surface area contributed by atoms with E-state index >= 15 is 0 Å². The van der Waals surface area contributed by atoms with Gasteiger partial charge in [-0.1, -0.05) is 24.3 Å². The Morgan fingerprint density at radius 2 is 2.00 bits per heavy atom. The van der Waals surface area contributed by atoms with E-state index in [1.807, 2.05) is 0 Å². The second kappa shape index (κ2) is 5.16. The van der Waals surface area contributed by atoms with Crippen molar-refractivity contribution in [2.24, 2.45) is 0 Å². The summed E-state index contributed by atoms with van der Waals surface area (Å²) in [7, 11) is 0. The third-order valence-electron chi connectivity index (χ3n) is 2.40. The number of nitrogen functional groups attached to an aromatic ring is 2. The van der Waals surface area contributed by atoms with Crippen molar-refractivity contribution in [3.63, 3.8) is 0 Å². The van der Waals surface area contributed by atoms with Gasteiger partial charge in [0.2, 0.25) is 0 Å². The van der Waals surface area contributed by atoms with Crippen LogP contribution in [0.2, 0.25) is 5.15 Å². The number of hydrogen-bond donors (Lipinski definition) is 2. The lowest BCUT2D eigenvalue weighted by Gasteiger charge is -2.11. The van der Waals surface area contributed by atoms with Gasteiger partial charge in [-0.2, -0.15) is 0 Å². The number of pyridine rings is 1. The maximum absolute atomic E-state index is 13.7. The van der Waals surface area contributed by atoms with Gasteiger partial charge < -0.3 is 16.2 Å².